The third kappa shape index (κ3) is 4.72. The summed E-state index contributed by atoms with van der Waals surface area (Å²) >= 11 is 0.996. The summed E-state index contributed by atoms with van der Waals surface area (Å²) in [4.78, 5) is 38.1. The fraction of sp³-hybridized carbons (Fsp3) is 0.571. The molecule has 8 nitrogen and oxygen atoms in total. The van der Waals surface area contributed by atoms with Crippen LogP contribution in [0.3, 0.4) is 0 Å². The number of thioether (sulfide) groups is 1. The molecule has 1 N–H and O–H groups in total. The van der Waals surface area contributed by atoms with Gasteiger partial charge in [0.1, 0.15) is 0 Å². The largest absolute Gasteiger partial charge is 0.336 e. The summed E-state index contributed by atoms with van der Waals surface area (Å²) in [5.74, 6) is -0.00883. The van der Waals surface area contributed by atoms with Gasteiger partial charge in [0.2, 0.25) is 5.91 Å². The molecule has 0 bridgehead atoms. The number of urea groups is 1. The summed E-state index contributed by atoms with van der Waals surface area (Å²) in [6.07, 6.45) is 4.44. The minimum absolute atomic E-state index is 0.190. The summed E-state index contributed by atoms with van der Waals surface area (Å²) in [5.41, 5.74) is 0.956. The van der Waals surface area contributed by atoms with E-state index in [1.54, 1.807) is 15.8 Å². The summed E-state index contributed by atoms with van der Waals surface area (Å²) < 4.78 is 1.69. The standard InChI is InChI=1S/C14H21N5O3S/c1-3-5-18(9-11-7-16-17(2)8-11)13(21)15-4-6-19-12(20)10-23-14(19)22/h7-8H,3-6,9-10H2,1-2H3,(H,15,21). The maximum absolute atomic E-state index is 12.3. The molecule has 0 spiro atoms. The first-order valence-corrected chi connectivity index (χ1v) is 8.47. The SMILES string of the molecule is CCCN(Cc1cnn(C)c1)C(=O)NCCN1C(=O)CSC1=O. The van der Waals surface area contributed by atoms with Gasteiger partial charge >= 0.3 is 6.03 Å². The Balaban J connectivity index is 1.83. The van der Waals surface area contributed by atoms with Crippen molar-refractivity contribution in [2.24, 2.45) is 7.05 Å². The molecule has 1 aromatic heterocycles. The van der Waals surface area contributed by atoms with Gasteiger partial charge in [-0.05, 0) is 6.42 Å². The Labute approximate surface area is 139 Å². The van der Waals surface area contributed by atoms with Gasteiger partial charge in [-0.25, -0.2) is 4.79 Å². The van der Waals surface area contributed by atoms with E-state index in [4.69, 9.17) is 0 Å². The Morgan fingerprint density at radius 1 is 1.48 bits per heavy atom. The third-order valence-corrected chi connectivity index (χ3v) is 4.22. The van der Waals surface area contributed by atoms with Gasteiger partial charge in [-0.1, -0.05) is 18.7 Å². The zero-order valence-electron chi connectivity index (χ0n) is 13.3. The van der Waals surface area contributed by atoms with Gasteiger partial charge in [0.15, 0.2) is 0 Å². The van der Waals surface area contributed by atoms with Crippen LogP contribution in [0.2, 0.25) is 0 Å². The summed E-state index contributed by atoms with van der Waals surface area (Å²) in [6, 6.07) is -0.206. The molecule has 0 unspecified atom stereocenters. The second-order valence-corrected chi connectivity index (χ2v) is 6.20. The molecule has 1 aromatic rings. The van der Waals surface area contributed by atoms with Crippen molar-refractivity contribution in [1.29, 1.82) is 0 Å². The van der Waals surface area contributed by atoms with E-state index in [9.17, 15) is 14.4 Å². The normalized spacial score (nSPS) is 14.4. The van der Waals surface area contributed by atoms with Crippen LogP contribution in [0.5, 0.6) is 0 Å². The number of rotatable bonds is 7. The highest BCUT2D eigenvalue weighted by molar-refractivity contribution is 8.14. The average molecular weight is 339 g/mol. The van der Waals surface area contributed by atoms with Crippen molar-refractivity contribution in [2.45, 2.75) is 19.9 Å². The number of carbonyl (C=O) groups excluding carboxylic acids is 3. The van der Waals surface area contributed by atoms with E-state index >= 15 is 0 Å². The number of nitrogens with zero attached hydrogens (tertiary/aromatic N) is 4. The molecule has 9 heteroatoms. The zero-order valence-corrected chi connectivity index (χ0v) is 14.1. The van der Waals surface area contributed by atoms with E-state index in [1.165, 1.54) is 4.90 Å². The number of aryl methyl sites for hydroxylation is 1. The number of imide groups is 1. The second kappa shape index (κ2) is 8.00. The van der Waals surface area contributed by atoms with Crippen LogP contribution in [0.4, 0.5) is 9.59 Å². The number of nitrogens with one attached hydrogen (secondary N) is 1. The first-order chi connectivity index (χ1) is 11.0. The summed E-state index contributed by atoms with van der Waals surface area (Å²) in [5, 5.41) is 6.62. The van der Waals surface area contributed by atoms with E-state index in [1.807, 2.05) is 20.2 Å². The molecule has 126 valence electrons. The van der Waals surface area contributed by atoms with Gasteiger partial charge in [-0.2, -0.15) is 5.10 Å². The van der Waals surface area contributed by atoms with Crippen molar-refractivity contribution in [1.82, 2.24) is 24.9 Å². The molecule has 23 heavy (non-hydrogen) atoms. The van der Waals surface area contributed by atoms with Gasteiger partial charge < -0.3 is 10.2 Å². The van der Waals surface area contributed by atoms with Crippen LogP contribution in [0.15, 0.2) is 12.4 Å². The van der Waals surface area contributed by atoms with Gasteiger partial charge in [-0.15, -0.1) is 0 Å². The highest BCUT2D eigenvalue weighted by Crippen LogP contribution is 2.17. The molecule has 1 saturated heterocycles. The smallest absolute Gasteiger partial charge is 0.317 e. The molecule has 1 aliphatic heterocycles. The van der Waals surface area contributed by atoms with Crippen molar-refractivity contribution in [2.75, 3.05) is 25.4 Å². The maximum Gasteiger partial charge on any atom is 0.317 e. The number of carbonyl (C=O) groups is 3. The average Bonchev–Trinajstić information content (AvgIpc) is 3.06. The molecule has 4 amide bonds. The van der Waals surface area contributed by atoms with Crippen molar-refractivity contribution in [3.63, 3.8) is 0 Å². The minimum Gasteiger partial charge on any atom is -0.336 e. The Morgan fingerprint density at radius 2 is 2.26 bits per heavy atom. The summed E-state index contributed by atoms with van der Waals surface area (Å²) in [7, 11) is 1.83. The predicted molar refractivity (Wildman–Crippen MR) is 86.9 cm³/mol. The Hall–Kier alpha value is -2.03. The van der Waals surface area contributed by atoms with Crippen LogP contribution in [-0.2, 0) is 18.4 Å². The minimum atomic E-state index is -0.245. The zero-order chi connectivity index (χ0) is 16.8. The van der Waals surface area contributed by atoms with Crippen LogP contribution < -0.4 is 5.32 Å². The first-order valence-electron chi connectivity index (χ1n) is 7.48. The Morgan fingerprint density at radius 3 is 2.83 bits per heavy atom. The molecule has 0 aliphatic carbocycles. The molecule has 0 radical (unpaired) electrons. The third-order valence-electron chi connectivity index (χ3n) is 3.36. The van der Waals surface area contributed by atoms with Crippen molar-refractivity contribution in [3.05, 3.63) is 18.0 Å². The molecule has 1 fully saturated rings. The van der Waals surface area contributed by atoms with Crippen LogP contribution in [0.25, 0.3) is 0 Å². The van der Waals surface area contributed by atoms with Gasteiger partial charge in [0.25, 0.3) is 5.24 Å². The lowest BCUT2D eigenvalue weighted by molar-refractivity contribution is -0.124. The van der Waals surface area contributed by atoms with Crippen LogP contribution >= 0.6 is 11.8 Å². The molecule has 2 heterocycles. The quantitative estimate of drug-likeness (QED) is 0.802. The lowest BCUT2D eigenvalue weighted by Gasteiger charge is -2.22. The highest BCUT2D eigenvalue weighted by Gasteiger charge is 2.29. The molecule has 0 atom stereocenters. The molecule has 0 aromatic carbocycles. The Bertz CT molecular complexity index is 573. The van der Waals surface area contributed by atoms with Crippen molar-refractivity contribution < 1.29 is 14.4 Å². The number of aromatic nitrogens is 2. The topological polar surface area (TPSA) is 87.5 Å². The molecule has 0 saturated carbocycles. The predicted octanol–water partition coefficient (Wildman–Crippen LogP) is 1.04. The van der Waals surface area contributed by atoms with Gasteiger partial charge in [0, 0.05) is 38.4 Å². The van der Waals surface area contributed by atoms with Crippen molar-refractivity contribution >= 4 is 28.9 Å². The van der Waals surface area contributed by atoms with E-state index < -0.39 is 0 Å². The molecular formula is C14H21N5O3S. The fourth-order valence-corrected chi connectivity index (χ4v) is 3.03. The van der Waals surface area contributed by atoms with Gasteiger partial charge in [0.05, 0.1) is 18.5 Å². The van der Waals surface area contributed by atoms with Gasteiger partial charge in [-0.3, -0.25) is 19.2 Å². The van der Waals surface area contributed by atoms with E-state index in [2.05, 4.69) is 10.4 Å². The lowest BCUT2D eigenvalue weighted by atomic mass is 10.3. The summed E-state index contributed by atoms with van der Waals surface area (Å²) in [6.45, 7) is 3.57. The second-order valence-electron chi connectivity index (χ2n) is 5.28. The maximum atomic E-state index is 12.3. The van der Waals surface area contributed by atoms with Crippen molar-refractivity contribution in [3.8, 4) is 0 Å². The number of hydrogen-bond acceptors (Lipinski definition) is 5. The van der Waals surface area contributed by atoms with Crippen LogP contribution in [0.1, 0.15) is 18.9 Å². The van der Waals surface area contributed by atoms with E-state index in [0.717, 1.165) is 23.7 Å². The van der Waals surface area contributed by atoms with E-state index in [-0.39, 0.29) is 36.0 Å². The fourth-order valence-electron chi connectivity index (χ4n) is 2.28. The highest BCUT2D eigenvalue weighted by atomic mass is 32.2. The molecule has 2 rings (SSSR count). The van der Waals surface area contributed by atoms with Crippen LogP contribution in [-0.4, -0.2) is 62.1 Å². The molecule has 1 aliphatic rings. The van der Waals surface area contributed by atoms with E-state index in [0.29, 0.717) is 13.1 Å². The van der Waals surface area contributed by atoms with Crippen LogP contribution in [0, 0.1) is 0 Å². The number of amides is 4. The lowest BCUT2D eigenvalue weighted by Crippen LogP contribution is -2.43. The number of hydrogen-bond donors (Lipinski definition) is 1. The monoisotopic (exact) mass is 339 g/mol. The molecular weight excluding hydrogens is 318 g/mol. The first kappa shape index (κ1) is 17.3. The Kier molecular flexibility index (Phi) is 6.03.